The fourth-order valence-electron chi connectivity index (χ4n) is 4.66. The molecular formula is C21H22F3N5O5S. The fraction of sp³-hybridized carbons (Fsp3) is 0.524. The minimum Gasteiger partial charge on any atom is -0.386 e. The van der Waals surface area contributed by atoms with Gasteiger partial charge in [-0.3, -0.25) is 28.2 Å². The highest BCUT2D eigenvalue weighted by Gasteiger charge is 2.50. The Morgan fingerprint density at radius 2 is 1.97 bits per heavy atom. The quantitative estimate of drug-likeness (QED) is 0.448. The van der Waals surface area contributed by atoms with Crippen molar-refractivity contribution in [3.05, 3.63) is 48.2 Å². The topological polar surface area (TPSA) is 112 Å². The number of carbonyl (C=O) groups excluding carboxylic acids is 1. The third-order valence-electron chi connectivity index (χ3n) is 6.35. The zero-order chi connectivity index (χ0) is 25.8. The molecule has 6 rings (SSSR count). The number of β-amino-alcohol motifs (C(OH)–C–C–N with tert-alkyl or cyclic N) is 1. The van der Waals surface area contributed by atoms with Gasteiger partial charge >= 0.3 is 11.9 Å². The summed E-state index contributed by atoms with van der Waals surface area (Å²) < 4.78 is 44.3. The Morgan fingerprint density at radius 3 is 2.49 bits per heavy atom. The number of halogens is 3. The van der Waals surface area contributed by atoms with E-state index in [0.717, 1.165) is 21.0 Å². The molecule has 3 aliphatic rings. The van der Waals surface area contributed by atoms with Crippen molar-refractivity contribution in [3.63, 3.8) is 0 Å². The van der Waals surface area contributed by atoms with Crippen molar-refractivity contribution in [1.82, 2.24) is 24.0 Å². The van der Waals surface area contributed by atoms with Crippen LogP contribution in [-0.2, 0) is 18.1 Å². The molecule has 2 atom stereocenters. The van der Waals surface area contributed by atoms with E-state index in [1.54, 1.807) is 13.8 Å². The minimum absolute atomic E-state index is 0.0808. The monoisotopic (exact) mass is 513 g/mol. The zero-order valence-electron chi connectivity index (χ0n) is 19.4. The average molecular weight is 513 g/mol. The van der Waals surface area contributed by atoms with Crippen molar-refractivity contribution in [3.8, 4) is 0 Å². The number of hydrogen-bond acceptors (Lipinski definition) is 7. The van der Waals surface area contributed by atoms with E-state index in [1.165, 1.54) is 30.1 Å². The highest BCUT2D eigenvalue weighted by atomic mass is 32.1. The molecule has 1 amide bonds. The van der Waals surface area contributed by atoms with Crippen LogP contribution in [-0.4, -0.2) is 53.7 Å². The first-order chi connectivity index (χ1) is 16.2. The summed E-state index contributed by atoms with van der Waals surface area (Å²) in [6, 6.07) is -1.44. The van der Waals surface area contributed by atoms with Gasteiger partial charge in [0.1, 0.15) is 23.1 Å². The molecule has 10 nitrogen and oxygen atoms in total. The van der Waals surface area contributed by atoms with Gasteiger partial charge in [-0.1, -0.05) is 0 Å². The van der Waals surface area contributed by atoms with Gasteiger partial charge in [-0.25, -0.2) is 9.86 Å². The van der Waals surface area contributed by atoms with Crippen molar-refractivity contribution >= 4 is 27.5 Å². The van der Waals surface area contributed by atoms with Gasteiger partial charge in [-0.15, -0.1) is 11.3 Å². The Kier molecular flexibility index (Phi) is 4.94. The summed E-state index contributed by atoms with van der Waals surface area (Å²) in [5.74, 6) is -0.783. The second-order valence-electron chi connectivity index (χ2n) is 9.44. The fourth-order valence-corrected chi connectivity index (χ4v) is 6.17. The molecule has 14 heteroatoms. The third-order valence-corrected chi connectivity index (χ3v) is 7.59. The van der Waals surface area contributed by atoms with Gasteiger partial charge in [0.2, 0.25) is 0 Å². The number of carbonyl (C=O) groups is 1. The number of rotatable bonds is 3. The van der Waals surface area contributed by atoms with Crippen LogP contribution in [0.5, 0.6) is 0 Å². The van der Waals surface area contributed by atoms with E-state index in [0.29, 0.717) is 5.69 Å². The van der Waals surface area contributed by atoms with Crippen LogP contribution in [0.4, 0.5) is 13.2 Å². The molecule has 0 aliphatic carbocycles. The number of hydrogen-bond donors (Lipinski definition) is 1. The lowest BCUT2D eigenvalue weighted by atomic mass is 9.94. The van der Waals surface area contributed by atoms with Gasteiger partial charge in [-0.2, -0.15) is 18.3 Å². The van der Waals surface area contributed by atoms with Gasteiger partial charge in [0.05, 0.1) is 17.5 Å². The Morgan fingerprint density at radius 1 is 1.31 bits per heavy atom. The van der Waals surface area contributed by atoms with Crippen molar-refractivity contribution < 1.29 is 27.9 Å². The average Bonchev–Trinajstić information content (AvgIpc) is 3.49. The third kappa shape index (κ3) is 3.23. The van der Waals surface area contributed by atoms with Crippen LogP contribution in [0, 0.1) is 6.92 Å². The largest absolute Gasteiger partial charge is 0.435 e. The normalized spacial score (nSPS) is 21.9. The van der Waals surface area contributed by atoms with Crippen LogP contribution in [0.25, 0.3) is 10.2 Å². The Labute approximate surface area is 199 Å². The van der Waals surface area contributed by atoms with Crippen LogP contribution >= 0.6 is 11.3 Å². The van der Waals surface area contributed by atoms with Crippen molar-refractivity contribution in [1.29, 1.82) is 0 Å². The number of fused-ring (bicyclic) bond motifs is 2. The van der Waals surface area contributed by atoms with E-state index < -0.39 is 46.7 Å². The van der Waals surface area contributed by atoms with Gasteiger partial charge in [0.15, 0.2) is 5.69 Å². The Balaban J connectivity index is 1.81. The molecule has 0 radical (unpaired) electrons. The molecular weight excluding hydrogens is 491 g/mol. The second kappa shape index (κ2) is 7.27. The number of aryl methyl sites for hydroxylation is 1. The maximum absolute atomic E-state index is 13.7. The van der Waals surface area contributed by atoms with Crippen molar-refractivity contribution in [2.75, 3.05) is 13.2 Å². The summed E-state index contributed by atoms with van der Waals surface area (Å²) in [7, 11) is 1.28. The lowest BCUT2D eigenvalue weighted by molar-refractivity contribution is -0.141. The maximum atomic E-state index is 13.7. The molecule has 1 unspecified atom stereocenters. The standard InChI is InChI=1S/C21H22F3N5O5S/c1-8(2)28-18-12(16(30)26(5)19(28)32)11(17(31)27-6-20(4,33)7-34-27)14(35-18)13-10-9(3)29(13)25-15(10)21(22,23)24/h8,13,33H,6-7H2,1-5H3/t13?,20-/m0/s1. The molecule has 188 valence electrons. The molecule has 2 bridgehead atoms. The lowest BCUT2D eigenvalue weighted by Crippen LogP contribution is -2.39. The number of amides is 1. The summed E-state index contributed by atoms with van der Waals surface area (Å²) in [5.41, 5.74) is -3.68. The predicted octanol–water partition coefficient (Wildman–Crippen LogP) is 1.96. The highest BCUT2D eigenvalue weighted by Crippen LogP contribution is 2.50. The number of aromatic nitrogens is 4. The molecule has 35 heavy (non-hydrogen) atoms. The van der Waals surface area contributed by atoms with Gasteiger partial charge < -0.3 is 5.11 Å². The zero-order valence-corrected chi connectivity index (χ0v) is 20.2. The molecule has 3 aliphatic heterocycles. The molecule has 0 saturated carbocycles. The van der Waals surface area contributed by atoms with Crippen LogP contribution in [0.15, 0.2) is 9.59 Å². The number of alkyl halides is 3. The van der Waals surface area contributed by atoms with E-state index in [1.807, 2.05) is 0 Å². The van der Waals surface area contributed by atoms with E-state index in [2.05, 4.69) is 5.10 Å². The highest BCUT2D eigenvalue weighted by molar-refractivity contribution is 7.19. The summed E-state index contributed by atoms with van der Waals surface area (Å²) in [5, 5.41) is 14.8. The number of nitrogens with zero attached hydrogens (tertiary/aromatic N) is 5. The first-order valence-corrected chi connectivity index (χ1v) is 11.6. The SMILES string of the molecule is Cc1c2c(C(F)(F)F)nn1C2c1sc2c(c1C(=O)N1C[C@](C)(O)CO1)c(=O)n(C)c(=O)n2C(C)C. The van der Waals surface area contributed by atoms with Crippen LogP contribution in [0.2, 0.25) is 0 Å². The smallest absolute Gasteiger partial charge is 0.386 e. The van der Waals surface area contributed by atoms with Crippen molar-refractivity contribution in [2.45, 2.75) is 51.6 Å². The molecule has 1 N–H and O–H groups in total. The molecule has 3 aromatic heterocycles. The van der Waals surface area contributed by atoms with Crippen LogP contribution in [0.1, 0.15) is 65.0 Å². The number of hydroxylamine groups is 2. The van der Waals surface area contributed by atoms with Crippen molar-refractivity contribution in [2.24, 2.45) is 7.05 Å². The van der Waals surface area contributed by atoms with E-state index in [9.17, 15) is 32.7 Å². The summed E-state index contributed by atoms with van der Waals surface area (Å²) >= 11 is 0.917. The van der Waals surface area contributed by atoms with E-state index >= 15 is 0 Å². The maximum Gasteiger partial charge on any atom is 0.435 e. The number of thiophene rings is 1. The molecule has 3 aromatic rings. The van der Waals surface area contributed by atoms with Gasteiger partial charge in [-0.05, 0) is 27.7 Å². The predicted molar refractivity (Wildman–Crippen MR) is 119 cm³/mol. The van der Waals surface area contributed by atoms with E-state index in [4.69, 9.17) is 4.84 Å². The molecule has 0 spiro atoms. The van der Waals surface area contributed by atoms with Crippen LogP contribution < -0.4 is 11.2 Å². The second-order valence-corrected chi connectivity index (χ2v) is 10.5. The molecule has 1 saturated heterocycles. The molecule has 6 heterocycles. The Bertz CT molecular complexity index is 1530. The summed E-state index contributed by atoms with van der Waals surface area (Å²) in [4.78, 5) is 45.5. The van der Waals surface area contributed by atoms with Crippen LogP contribution in [0.3, 0.4) is 0 Å². The van der Waals surface area contributed by atoms with Gasteiger partial charge in [0.25, 0.3) is 11.5 Å². The number of aliphatic hydroxyl groups is 1. The summed E-state index contributed by atoms with van der Waals surface area (Å²) in [6.07, 6.45) is -4.70. The molecule has 1 fully saturated rings. The molecule has 0 aromatic carbocycles. The minimum atomic E-state index is -4.70. The first kappa shape index (κ1) is 23.8. The summed E-state index contributed by atoms with van der Waals surface area (Å²) in [6.45, 7) is 6.03. The van der Waals surface area contributed by atoms with Gasteiger partial charge in [0, 0.05) is 29.2 Å². The lowest BCUT2D eigenvalue weighted by Gasteiger charge is -2.27. The Hall–Kier alpha value is -2.97. The van der Waals surface area contributed by atoms with E-state index in [-0.39, 0.29) is 39.4 Å². The first-order valence-electron chi connectivity index (χ1n) is 10.8.